The number of rotatable bonds is 1. The first-order valence-corrected chi connectivity index (χ1v) is 4.13. The van der Waals surface area contributed by atoms with E-state index >= 15 is 0 Å². The molecule has 0 atom stereocenters. The minimum Gasteiger partial charge on any atom is -0.396 e. The maximum atomic E-state index is 5.65. The fourth-order valence-corrected chi connectivity index (χ4v) is 1.50. The molecule has 2 N–H and O–H groups in total. The van der Waals surface area contributed by atoms with Crippen LogP contribution in [-0.2, 0) is 0 Å². The van der Waals surface area contributed by atoms with E-state index in [1.165, 1.54) is 11.5 Å². The summed E-state index contributed by atoms with van der Waals surface area (Å²) in [6.45, 7) is 0. The Morgan fingerprint density at radius 3 is 2.92 bits per heavy atom. The number of anilines is 1. The molecule has 0 bridgehead atoms. The van der Waals surface area contributed by atoms with E-state index in [0.29, 0.717) is 5.69 Å². The third-order valence-corrected chi connectivity index (χ3v) is 2.24. The molecule has 0 saturated heterocycles. The summed E-state index contributed by atoms with van der Waals surface area (Å²) in [6.07, 6.45) is 3.25. The molecule has 2 aromatic rings. The Morgan fingerprint density at radius 1 is 1.42 bits per heavy atom. The van der Waals surface area contributed by atoms with Gasteiger partial charge in [0.25, 0.3) is 0 Å². The SMILES string of the molecule is Nc1cnsc1-c1cccnn1. The molecule has 2 rings (SSSR count). The molecular weight excluding hydrogens is 172 g/mol. The number of nitrogens with two attached hydrogens (primary N) is 1. The van der Waals surface area contributed by atoms with Crippen LogP contribution in [0, 0.1) is 0 Å². The largest absolute Gasteiger partial charge is 0.396 e. The molecule has 0 radical (unpaired) electrons. The highest BCUT2D eigenvalue weighted by molar-refractivity contribution is 7.10. The molecule has 0 spiro atoms. The van der Waals surface area contributed by atoms with Gasteiger partial charge in [0.15, 0.2) is 0 Å². The topological polar surface area (TPSA) is 64.7 Å². The van der Waals surface area contributed by atoms with Gasteiger partial charge >= 0.3 is 0 Å². The van der Waals surface area contributed by atoms with Crippen molar-refractivity contribution >= 4 is 17.2 Å². The lowest BCUT2D eigenvalue weighted by Crippen LogP contribution is -1.87. The van der Waals surface area contributed by atoms with Crippen molar-refractivity contribution in [2.24, 2.45) is 0 Å². The molecule has 12 heavy (non-hydrogen) atoms. The normalized spacial score (nSPS) is 10.0. The van der Waals surface area contributed by atoms with Gasteiger partial charge in [0, 0.05) is 6.20 Å². The molecule has 0 saturated carbocycles. The van der Waals surface area contributed by atoms with Crippen LogP contribution in [0.4, 0.5) is 5.69 Å². The highest BCUT2D eigenvalue weighted by Gasteiger charge is 2.05. The lowest BCUT2D eigenvalue weighted by atomic mass is 10.3. The van der Waals surface area contributed by atoms with Gasteiger partial charge in [-0.05, 0) is 23.7 Å². The van der Waals surface area contributed by atoms with E-state index in [1.54, 1.807) is 12.4 Å². The Balaban J connectivity index is 2.51. The quantitative estimate of drug-likeness (QED) is 0.712. The van der Waals surface area contributed by atoms with E-state index in [9.17, 15) is 0 Å². The van der Waals surface area contributed by atoms with Crippen LogP contribution in [0.1, 0.15) is 0 Å². The minimum absolute atomic E-state index is 0.653. The van der Waals surface area contributed by atoms with E-state index in [-0.39, 0.29) is 0 Å². The minimum atomic E-state index is 0.653. The Morgan fingerprint density at radius 2 is 2.33 bits per heavy atom. The Bertz CT molecular complexity index is 370. The van der Waals surface area contributed by atoms with Gasteiger partial charge in [-0.3, -0.25) is 0 Å². The average Bonchev–Trinajstić information content (AvgIpc) is 2.53. The average molecular weight is 178 g/mol. The molecule has 0 aliphatic carbocycles. The van der Waals surface area contributed by atoms with Crippen molar-refractivity contribution in [1.82, 2.24) is 14.6 Å². The summed E-state index contributed by atoms with van der Waals surface area (Å²) in [5, 5.41) is 7.68. The van der Waals surface area contributed by atoms with E-state index in [1.807, 2.05) is 12.1 Å². The van der Waals surface area contributed by atoms with Crippen LogP contribution in [0.25, 0.3) is 10.6 Å². The van der Waals surface area contributed by atoms with Gasteiger partial charge in [-0.2, -0.15) is 9.47 Å². The molecule has 2 aromatic heterocycles. The van der Waals surface area contributed by atoms with Gasteiger partial charge in [-0.25, -0.2) is 0 Å². The molecule has 5 heteroatoms. The Hall–Kier alpha value is -1.49. The molecule has 0 aliphatic heterocycles. The maximum absolute atomic E-state index is 5.65. The van der Waals surface area contributed by atoms with Gasteiger partial charge in [-0.1, -0.05) is 0 Å². The molecule has 0 aliphatic rings. The number of hydrogen-bond donors (Lipinski definition) is 1. The molecule has 0 unspecified atom stereocenters. The van der Waals surface area contributed by atoms with Crippen molar-refractivity contribution in [2.75, 3.05) is 5.73 Å². The molecule has 0 amide bonds. The second kappa shape index (κ2) is 2.86. The molecule has 0 fully saturated rings. The number of hydrogen-bond acceptors (Lipinski definition) is 5. The molecule has 60 valence electrons. The zero-order valence-corrected chi connectivity index (χ0v) is 6.95. The van der Waals surface area contributed by atoms with Crippen molar-refractivity contribution in [3.05, 3.63) is 24.5 Å². The van der Waals surface area contributed by atoms with Crippen LogP contribution >= 0.6 is 11.5 Å². The lowest BCUT2D eigenvalue weighted by Gasteiger charge is -1.93. The Labute approximate surface area is 73.2 Å². The van der Waals surface area contributed by atoms with E-state index < -0.39 is 0 Å². The number of nitrogens with zero attached hydrogens (tertiary/aromatic N) is 3. The van der Waals surface area contributed by atoms with Crippen LogP contribution in [0.2, 0.25) is 0 Å². The van der Waals surface area contributed by atoms with Crippen LogP contribution in [0.5, 0.6) is 0 Å². The maximum Gasteiger partial charge on any atom is 0.107 e. The summed E-state index contributed by atoms with van der Waals surface area (Å²) < 4.78 is 3.95. The third kappa shape index (κ3) is 1.14. The van der Waals surface area contributed by atoms with Gasteiger partial charge in [-0.15, -0.1) is 5.10 Å². The van der Waals surface area contributed by atoms with Crippen molar-refractivity contribution in [3.8, 4) is 10.6 Å². The van der Waals surface area contributed by atoms with Crippen molar-refractivity contribution < 1.29 is 0 Å². The number of nitrogen functional groups attached to an aromatic ring is 1. The summed E-state index contributed by atoms with van der Waals surface area (Å²) in [6, 6.07) is 3.68. The highest BCUT2D eigenvalue weighted by Crippen LogP contribution is 2.26. The standard InChI is InChI=1S/C7H6N4S/c8-5-4-10-12-7(5)6-2-1-3-9-11-6/h1-4H,8H2. The summed E-state index contributed by atoms with van der Waals surface area (Å²) >= 11 is 1.33. The third-order valence-electron chi connectivity index (χ3n) is 1.40. The fraction of sp³-hybridized carbons (Fsp3) is 0. The van der Waals surface area contributed by atoms with Gasteiger partial charge < -0.3 is 5.73 Å². The number of aromatic nitrogens is 3. The van der Waals surface area contributed by atoms with Crippen molar-refractivity contribution in [2.45, 2.75) is 0 Å². The predicted molar refractivity (Wildman–Crippen MR) is 47.6 cm³/mol. The van der Waals surface area contributed by atoms with Crippen LogP contribution < -0.4 is 5.73 Å². The predicted octanol–water partition coefficient (Wildman–Crippen LogP) is 1.18. The van der Waals surface area contributed by atoms with Crippen LogP contribution in [0.3, 0.4) is 0 Å². The van der Waals surface area contributed by atoms with Gasteiger partial charge in [0.05, 0.1) is 16.8 Å². The molecule has 4 nitrogen and oxygen atoms in total. The second-order valence-corrected chi connectivity index (χ2v) is 3.02. The van der Waals surface area contributed by atoms with Crippen molar-refractivity contribution in [3.63, 3.8) is 0 Å². The van der Waals surface area contributed by atoms with Crippen molar-refractivity contribution in [1.29, 1.82) is 0 Å². The molecule has 2 heterocycles. The molecular formula is C7H6N4S. The van der Waals surface area contributed by atoms with E-state index in [0.717, 1.165) is 10.6 Å². The van der Waals surface area contributed by atoms with Crippen LogP contribution in [0.15, 0.2) is 24.5 Å². The summed E-state index contributed by atoms with van der Waals surface area (Å²) in [5.74, 6) is 0. The first-order valence-electron chi connectivity index (χ1n) is 3.36. The second-order valence-electron chi connectivity index (χ2n) is 2.22. The highest BCUT2D eigenvalue weighted by atomic mass is 32.1. The first-order chi connectivity index (χ1) is 5.88. The van der Waals surface area contributed by atoms with Gasteiger partial charge in [0.1, 0.15) is 5.69 Å². The summed E-state index contributed by atoms with van der Waals surface area (Å²) in [5.41, 5.74) is 7.08. The summed E-state index contributed by atoms with van der Waals surface area (Å²) in [4.78, 5) is 0.878. The molecule has 0 aromatic carbocycles. The zero-order chi connectivity index (χ0) is 8.39. The zero-order valence-electron chi connectivity index (χ0n) is 6.14. The first kappa shape index (κ1) is 7.17. The van der Waals surface area contributed by atoms with E-state index in [4.69, 9.17) is 5.73 Å². The smallest absolute Gasteiger partial charge is 0.107 e. The fourth-order valence-electron chi connectivity index (χ4n) is 0.864. The van der Waals surface area contributed by atoms with Crippen LogP contribution in [-0.4, -0.2) is 14.6 Å². The Kier molecular flexibility index (Phi) is 1.71. The lowest BCUT2D eigenvalue weighted by molar-refractivity contribution is 1.04. The monoisotopic (exact) mass is 178 g/mol. The summed E-state index contributed by atoms with van der Waals surface area (Å²) in [7, 11) is 0. The van der Waals surface area contributed by atoms with E-state index in [2.05, 4.69) is 14.6 Å². The van der Waals surface area contributed by atoms with Gasteiger partial charge in [0.2, 0.25) is 0 Å².